The predicted octanol–water partition coefficient (Wildman–Crippen LogP) is 3.73. The molecule has 0 spiro atoms. The second kappa shape index (κ2) is 6.30. The van der Waals surface area contributed by atoms with E-state index in [0.717, 1.165) is 22.2 Å². The van der Waals surface area contributed by atoms with E-state index in [1.807, 2.05) is 12.1 Å². The van der Waals surface area contributed by atoms with Gasteiger partial charge in [0.25, 0.3) is 6.08 Å². The van der Waals surface area contributed by atoms with E-state index in [1.54, 1.807) is 18.6 Å². The number of aromatic nitrogens is 3. The number of hydrogen-bond acceptors (Lipinski definition) is 3. The summed E-state index contributed by atoms with van der Waals surface area (Å²) in [6, 6.07) is 3.74. The highest BCUT2D eigenvalue weighted by Crippen LogP contribution is 2.29. The molecular formula is C12H11F2N3S. The minimum Gasteiger partial charge on any atom is -0.284 e. The molecule has 94 valence electrons. The Morgan fingerprint density at radius 1 is 1.44 bits per heavy atom. The Balaban J connectivity index is 2.03. The van der Waals surface area contributed by atoms with Gasteiger partial charge in [-0.1, -0.05) is 0 Å². The average molecular weight is 267 g/mol. The highest BCUT2D eigenvalue weighted by molar-refractivity contribution is 7.99. The molecule has 0 atom stereocenters. The second-order valence-electron chi connectivity index (χ2n) is 3.47. The summed E-state index contributed by atoms with van der Waals surface area (Å²) in [5.41, 5.74) is 1.71. The first-order chi connectivity index (χ1) is 8.77. The normalized spacial score (nSPS) is 10.3. The molecule has 3 nitrogen and oxygen atoms in total. The van der Waals surface area contributed by atoms with Gasteiger partial charge in [-0.25, -0.2) is 0 Å². The van der Waals surface area contributed by atoms with Gasteiger partial charge in [-0.15, -0.1) is 11.8 Å². The van der Waals surface area contributed by atoms with Crippen molar-refractivity contribution < 1.29 is 8.78 Å². The van der Waals surface area contributed by atoms with Crippen LogP contribution in [0.25, 0.3) is 11.3 Å². The average Bonchev–Trinajstić information content (AvgIpc) is 2.84. The SMILES string of the molecule is FC(F)=CCCSc1c[nH]nc1-c1cccnc1. The molecule has 0 aliphatic rings. The summed E-state index contributed by atoms with van der Waals surface area (Å²) in [6.45, 7) is 0. The van der Waals surface area contributed by atoms with E-state index in [1.165, 1.54) is 11.8 Å². The van der Waals surface area contributed by atoms with Crippen LogP contribution in [0.15, 0.2) is 47.8 Å². The van der Waals surface area contributed by atoms with Crippen LogP contribution in [0.5, 0.6) is 0 Å². The van der Waals surface area contributed by atoms with Gasteiger partial charge < -0.3 is 0 Å². The molecule has 0 aliphatic heterocycles. The maximum absolute atomic E-state index is 11.9. The molecule has 0 fully saturated rings. The van der Waals surface area contributed by atoms with Gasteiger partial charge in [0.2, 0.25) is 0 Å². The van der Waals surface area contributed by atoms with Crippen LogP contribution in [0.4, 0.5) is 8.78 Å². The zero-order valence-corrected chi connectivity index (χ0v) is 10.3. The van der Waals surface area contributed by atoms with Crippen LogP contribution >= 0.6 is 11.8 Å². The third-order valence-electron chi connectivity index (χ3n) is 2.21. The van der Waals surface area contributed by atoms with Gasteiger partial charge in [-0.3, -0.25) is 10.1 Å². The lowest BCUT2D eigenvalue weighted by Crippen LogP contribution is -1.83. The molecular weight excluding hydrogens is 256 g/mol. The molecule has 0 saturated heterocycles. The second-order valence-corrected chi connectivity index (χ2v) is 4.61. The van der Waals surface area contributed by atoms with E-state index in [-0.39, 0.29) is 0 Å². The van der Waals surface area contributed by atoms with E-state index in [2.05, 4.69) is 15.2 Å². The fraction of sp³-hybridized carbons (Fsp3) is 0.167. The van der Waals surface area contributed by atoms with Crippen LogP contribution in [0, 0.1) is 0 Å². The summed E-state index contributed by atoms with van der Waals surface area (Å²) in [4.78, 5) is 4.97. The van der Waals surface area contributed by atoms with Crippen LogP contribution in [0.3, 0.4) is 0 Å². The van der Waals surface area contributed by atoms with E-state index in [0.29, 0.717) is 12.2 Å². The lowest BCUT2D eigenvalue weighted by Gasteiger charge is -2.00. The van der Waals surface area contributed by atoms with Gasteiger partial charge in [0, 0.05) is 29.9 Å². The standard InChI is InChI=1S/C12H11F2N3S/c13-11(14)4-2-6-18-10-8-16-17-12(10)9-3-1-5-15-7-9/h1,3-5,7-8H,2,6H2,(H,16,17). The number of rotatable bonds is 5. The van der Waals surface area contributed by atoms with Crippen molar-refractivity contribution in [2.24, 2.45) is 0 Å². The van der Waals surface area contributed by atoms with Crippen molar-refractivity contribution in [2.75, 3.05) is 5.75 Å². The molecule has 0 saturated carbocycles. The Morgan fingerprint density at radius 3 is 3.06 bits per heavy atom. The summed E-state index contributed by atoms with van der Waals surface area (Å²) >= 11 is 1.49. The van der Waals surface area contributed by atoms with Crippen molar-refractivity contribution in [2.45, 2.75) is 11.3 Å². The fourth-order valence-corrected chi connectivity index (χ4v) is 2.33. The van der Waals surface area contributed by atoms with Crippen molar-refractivity contribution in [3.8, 4) is 11.3 Å². The monoisotopic (exact) mass is 267 g/mol. The highest BCUT2D eigenvalue weighted by atomic mass is 32.2. The molecule has 1 N–H and O–H groups in total. The largest absolute Gasteiger partial charge is 0.284 e. The Hall–Kier alpha value is -1.69. The quantitative estimate of drug-likeness (QED) is 0.663. The number of hydrogen-bond donors (Lipinski definition) is 1. The van der Waals surface area contributed by atoms with E-state index < -0.39 is 6.08 Å². The summed E-state index contributed by atoms with van der Waals surface area (Å²) in [6.07, 6.45) is 4.82. The van der Waals surface area contributed by atoms with Gasteiger partial charge in [0.05, 0.1) is 4.90 Å². The molecule has 0 aromatic carbocycles. The first-order valence-electron chi connectivity index (χ1n) is 5.35. The lowest BCUT2D eigenvalue weighted by molar-refractivity contribution is 0.418. The number of aromatic amines is 1. The first kappa shape index (κ1) is 12.8. The zero-order valence-electron chi connectivity index (χ0n) is 9.44. The molecule has 2 rings (SSSR count). The zero-order chi connectivity index (χ0) is 12.8. The fourth-order valence-electron chi connectivity index (χ4n) is 1.44. The van der Waals surface area contributed by atoms with Crippen molar-refractivity contribution in [3.05, 3.63) is 42.9 Å². The molecule has 18 heavy (non-hydrogen) atoms. The number of thioether (sulfide) groups is 1. The maximum atomic E-state index is 11.9. The van der Waals surface area contributed by atoms with Crippen LogP contribution < -0.4 is 0 Å². The van der Waals surface area contributed by atoms with Crippen LogP contribution in [-0.2, 0) is 0 Å². The van der Waals surface area contributed by atoms with Gasteiger partial charge in [-0.05, 0) is 24.6 Å². The highest BCUT2D eigenvalue weighted by Gasteiger charge is 2.08. The molecule has 2 heterocycles. The minimum absolute atomic E-state index is 0.338. The van der Waals surface area contributed by atoms with Gasteiger partial charge in [-0.2, -0.15) is 13.9 Å². The van der Waals surface area contributed by atoms with E-state index >= 15 is 0 Å². The number of pyridine rings is 1. The topological polar surface area (TPSA) is 41.6 Å². The molecule has 0 aliphatic carbocycles. The summed E-state index contributed by atoms with van der Waals surface area (Å²) in [5, 5.41) is 6.94. The van der Waals surface area contributed by atoms with Crippen LogP contribution in [0.2, 0.25) is 0 Å². The maximum Gasteiger partial charge on any atom is 0.266 e. The van der Waals surface area contributed by atoms with Crippen molar-refractivity contribution in [3.63, 3.8) is 0 Å². The third-order valence-corrected chi connectivity index (χ3v) is 3.28. The third kappa shape index (κ3) is 3.40. The molecule has 6 heteroatoms. The van der Waals surface area contributed by atoms with E-state index in [9.17, 15) is 8.78 Å². The lowest BCUT2D eigenvalue weighted by atomic mass is 10.2. The Bertz CT molecular complexity index is 521. The number of halogens is 2. The number of allylic oxidation sites excluding steroid dienone is 1. The Morgan fingerprint density at radius 2 is 2.33 bits per heavy atom. The van der Waals surface area contributed by atoms with Crippen molar-refractivity contribution in [1.29, 1.82) is 0 Å². The molecule has 0 unspecified atom stereocenters. The Kier molecular flexibility index (Phi) is 4.46. The van der Waals surface area contributed by atoms with Crippen molar-refractivity contribution in [1.82, 2.24) is 15.2 Å². The first-order valence-corrected chi connectivity index (χ1v) is 6.34. The van der Waals surface area contributed by atoms with Crippen LogP contribution in [0.1, 0.15) is 6.42 Å². The van der Waals surface area contributed by atoms with Gasteiger partial charge in [0.15, 0.2) is 0 Å². The molecule has 2 aromatic heterocycles. The van der Waals surface area contributed by atoms with Crippen molar-refractivity contribution >= 4 is 11.8 Å². The smallest absolute Gasteiger partial charge is 0.266 e. The summed E-state index contributed by atoms with van der Waals surface area (Å²) in [7, 11) is 0. The summed E-state index contributed by atoms with van der Waals surface area (Å²) < 4.78 is 23.7. The number of nitrogens with zero attached hydrogens (tertiary/aromatic N) is 2. The Labute approximate surface area is 107 Å². The molecule has 2 aromatic rings. The predicted molar refractivity (Wildman–Crippen MR) is 67.5 cm³/mol. The van der Waals surface area contributed by atoms with Gasteiger partial charge >= 0.3 is 0 Å². The summed E-state index contributed by atoms with van der Waals surface area (Å²) in [5.74, 6) is 0.587. The van der Waals surface area contributed by atoms with Gasteiger partial charge in [0.1, 0.15) is 5.69 Å². The van der Waals surface area contributed by atoms with Crippen LogP contribution in [-0.4, -0.2) is 20.9 Å². The van der Waals surface area contributed by atoms with E-state index in [4.69, 9.17) is 0 Å². The minimum atomic E-state index is -1.63. The molecule has 0 bridgehead atoms. The molecule has 0 amide bonds. The number of H-pyrrole nitrogens is 1. The number of nitrogens with one attached hydrogen (secondary N) is 1. The molecule has 0 radical (unpaired) electrons.